The van der Waals surface area contributed by atoms with Crippen molar-refractivity contribution < 1.29 is 4.74 Å². The van der Waals surface area contributed by atoms with Gasteiger partial charge in [-0.1, -0.05) is 47.5 Å². The smallest absolute Gasteiger partial charge is 0.0672 e. The Balaban J connectivity index is 2.22. The molecule has 0 amide bonds. The third-order valence-corrected chi connectivity index (χ3v) is 2.98. The number of hydrogen-bond acceptors (Lipinski definition) is 2. The molecule has 0 heterocycles. The number of nitrogens with one attached hydrogen (secondary N) is 1. The minimum atomic E-state index is 0.587. The molecule has 0 saturated heterocycles. The van der Waals surface area contributed by atoms with Crippen molar-refractivity contribution in [1.82, 2.24) is 5.32 Å². The first kappa shape index (κ1) is 14.5. The van der Waals surface area contributed by atoms with E-state index in [0.717, 1.165) is 17.7 Å². The van der Waals surface area contributed by atoms with Gasteiger partial charge in [-0.15, -0.1) is 0 Å². The van der Waals surface area contributed by atoms with Crippen LogP contribution in [0.2, 0.25) is 10.0 Å². The topological polar surface area (TPSA) is 21.3 Å². The van der Waals surface area contributed by atoms with E-state index >= 15 is 0 Å². The zero-order valence-electron chi connectivity index (χ0n) is 9.93. The van der Waals surface area contributed by atoms with E-state index < -0.39 is 0 Å². The lowest BCUT2D eigenvalue weighted by Gasteiger charge is -2.08. The molecule has 4 heteroatoms. The summed E-state index contributed by atoms with van der Waals surface area (Å²) in [7, 11) is 0. The Hall–Kier alpha value is -0.540. The molecule has 1 aromatic rings. The molecular formula is C13H17Cl2NO. The second-order valence-corrected chi connectivity index (χ2v) is 4.68. The highest BCUT2D eigenvalue weighted by atomic mass is 35.5. The Kier molecular flexibility index (Phi) is 6.60. The molecular weight excluding hydrogens is 257 g/mol. The highest BCUT2D eigenvalue weighted by Gasteiger charge is 2.03. The van der Waals surface area contributed by atoms with Crippen molar-refractivity contribution in [2.45, 2.75) is 13.5 Å². The Bertz CT molecular complexity index is 380. The van der Waals surface area contributed by atoms with Crippen molar-refractivity contribution in [3.8, 4) is 0 Å². The van der Waals surface area contributed by atoms with E-state index in [1.54, 1.807) is 6.07 Å². The molecule has 1 aromatic carbocycles. The van der Waals surface area contributed by atoms with E-state index in [4.69, 9.17) is 27.9 Å². The van der Waals surface area contributed by atoms with Gasteiger partial charge in [0.25, 0.3) is 0 Å². The largest absolute Gasteiger partial charge is 0.376 e. The number of hydrogen-bond donors (Lipinski definition) is 1. The molecule has 0 aromatic heterocycles. The molecule has 1 rings (SSSR count). The Morgan fingerprint density at radius 3 is 2.88 bits per heavy atom. The average molecular weight is 274 g/mol. The zero-order chi connectivity index (χ0) is 12.7. The van der Waals surface area contributed by atoms with Gasteiger partial charge in [-0.25, -0.2) is 0 Å². The lowest BCUT2D eigenvalue weighted by Crippen LogP contribution is -2.19. The highest BCUT2D eigenvalue weighted by molar-refractivity contribution is 6.42. The molecule has 0 spiro atoms. The van der Waals surface area contributed by atoms with Crippen LogP contribution in [-0.2, 0) is 11.3 Å². The standard InChI is InChI=1S/C13H17Cl2NO/c1-10(2)9-17-7-6-16-8-11-4-3-5-12(14)13(11)15/h3-5,16H,1,6-9H2,2H3. The number of benzene rings is 1. The molecule has 0 atom stereocenters. The van der Waals surface area contributed by atoms with Crippen molar-refractivity contribution >= 4 is 23.2 Å². The van der Waals surface area contributed by atoms with Crippen LogP contribution in [0, 0.1) is 0 Å². The maximum absolute atomic E-state index is 6.06. The van der Waals surface area contributed by atoms with Crippen LogP contribution in [0.1, 0.15) is 12.5 Å². The van der Waals surface area contributed by atoms with Gasteiger partial charge in [0.05, 0.1) is 23.3 Å². The predicted octanol–water partition coefficient (Wildman–Crippen LogP) is 3.68. The highest BCUT2D eigenvalue weighted by Crippen LogP contribution is 2.25. The van der Waals surface area contributed by atoms with E-state index in [-0.39, 0.29) is 0 Å². The van der Waals surface area contributed by atoms with Crippen LogP contribution in [0.4, 0.5) is 0 Å². The molecule has 1 N–H and O–H groups in total. The lowest BCUT2D eigenvalue weighted by molar-refractivity contribution is 0.158. The van der Waals surface area contributed by atoms with Crippen LogP contribution in [0.3, 0.4) is 0 Å². The molecule has 0 aliphatic carbocycles. The van der Waals surface area contributed by atoms with Crippen LogP contribution in [0.15, 0.2) is 30.4 Å². The van der Waals surface area contributed by atoms with Crippen LogP contribution >= 0.6 is 23.2 Å². The van der Waals surface area contributed by atoms with Crippen LogP contribution in [0.25, 0.3) is 0 Å². The molecule has 0 aliphatic heterocycles. The van der Waals surface area contributed by atoms with Crippen molar-refractivity contribution in [1.29, 1.82) is 0 Å². The van der Waals surface area contributed by atoms with Gasteiger partial charge < -0.3 is 10.1 Å². The van der Waals surface area contributed by atoms with E-state index in [2.05, 4.69) is 11.9 Å². The van der Waals surface area contributed by atoms with E-state index in [0.29, 0.717) is 29.8 Å². The quantitative estimate of drug-likeness (QED) is 0.605. The van der Waals surface area contributed by atoms with E-state index in [1.165, 1.54) is 0 Å². The summed E-state index contributed by atoms with van der Waals surface area (Å²) in [6.45, 7) is 8.44. The third-order valence-electron chi connectivity index (χ3n) is 2.12. The number of ether oxygens (including phenoxy) is 1. The molecule has 0 radical (unpaired) electrons. The first-order valence-electron chi connectivity index (χ1n) is 5.47. The monoisotopic (exact) mass is 273 g/mol. The SMILES string of the molecule is C=C(C)COCCNCc1cccc(Cl)c1Cl. The fourth-order valence-corrected chi connectivity index (χ4v) is 1.69. The second kappa shape index (κ2) is 7.72. The summed E-state index contributed by atoms with van der Waals surface area (Å²) < 4.78 is 5.37. The number of rotatable bonds is 7. The van der Waals surface area contributed by atoms with E-state index in [9.17, 15) is 0 Å². The lowest BCUT2D eigenvalue weighted by atomic mass is 10.2. The Labute approximate surface area is 113 Å². The normalized spacial score (nSPS) is 10.5. The summed E-state index contributed by atoms with van der Waals surface area (Å²) in [5.41, 5.74) is 2.03. The van der Waals surface area contributed by atoms with E-state index in [1.807, 2.05) is 19.1 Å². The summed E-state index contributed by atoms with van der Waals surface area (Å²) in [5.74, 6) is 0. The van der Waals surface area contributed by atoms with Gasteiger partial charge in [-0.3, -0.25) is 0 Å². The van der Waals surface area contributed by atoms with Gasteiger partial charge in [0.1, 0.15) is 0 Å². The van der Waals surface area contributed by atoms with Gasteiger partial charge in [0.15, 0.2) is 0 Å². The molecule has 0 aliphatic rings. The van der Waals surface area contributed by atoms with Crippen molar-refractivity contribution in [2.75, 3.05) is 19.8 Å². The summed E-state index contributed by atoms with van der Waals surface area (Å²) in [6.07, 6.45) is 0. The third kappa shape index (κ3) is 5.55. The van der Waals surface area contributed by atoms with Crippen molar-refractivity contribution in [3.05, 3.63) is 46.0 Å². The van der Waals surface area contributed by atoms with Crippen LogP contribution in [0.5, 0.6) is 0 Å². The molecule has 0 saturated carbocycles. The number of halogens is 2. The molecule has 2 nitrogen and oxygen atoms in total. The summed E-state index contributed by atoms with van der Waals surface area (Å²) in [5, 5.41) is 4.45. The van der Waals surface area contributed by atoms with Gasteiger partial charge in [0, 0.05) is 13.1 Å². The fourth-order valence-electron chi connectivity index (χ4n) is 1.30. The van der Waals surface area contributed by atoms with Crippen molar-refractivity contribution in [2.24, 2.45) is 0 Å². The minimum Gasteiger partial charge on any atom is -0.376 e. The first-order valence-corrected chi connectivity index (χ1v) is 6.22. The Morgan fingerprint density at radius 1 is 1.41 bits per heavy atom. The molecule has 0 unspecified atom stereocenters. The molecule has 0 fully saturated rings. The zero-order valence-corrected chi connectivity index (χ0v) is 11.4. The predicted molar refractivity (Wildman–Crippen MR) is 73.8 cm³/mol. The maximum Gasteiger partial charge on any atom is 0.0672 e. The fraction of sp³-hybridized carbons (Fsp3) is 0.385. The summed E-state index contributed by atoms with van der Waals surface area (Å²) >= 11 is 12.0. The molecule has 94 valence electrons. The first-order chi connectivity index (χ1) is 8.11. The van der Waals surface area contributed by atoms with Gasteiger partial charge in [-0.2, -0.15) is 0 Å². The van der Waals surface area contributed by atoms with Gasteiger partial charge in [-0.05, 0) is 18.6 Å². The average Bonchev–Trinajstić information content (AvgIpc) is 2.28. The molecule has 0 bridgehead atoms. The minimum absolute atomic E-state index is 0.587. The summed E-state index contributed by atoms with van der Waals surface area (Å²) in [4.78, 5) is 0. The Morgan fingerprint density at radius 2 is 2.18 bits per heavy atom. The van der Waals surface area contributed by atoms with Gasteiger partial charge in [0.2, 0.25) is 0 Å². The van der Waals surface area contributed by atoms with Crippen molar-refractivity contribution in [3.63, 3.8) is 0 Å². The summed E-state index contributed by atoms with van der Waals surface area (Å²) in [6, 6.07) is 5.63. The van der Waals surface area contributed by atoms with Gasteiger partial charge >= 0.3 is 0 Å². The molecule has 17 heavy (non-hydrogen) atoms. The second-order valence-electron chi connectivity index (χ2n) is 3.90. The van der Waals surface area contributed by atoms with Crippen LogP contribution in [-0.4, -0.2) is 19.8 Å². The maximum atomic E-state index is 6.06. The van der Waals surface area contributed by atoms with Crippen LogP contribution < -0.4 is 5.32 Å².